The topological polar surface area (TPSA) is 45.1 Å². The van der Waals surface area contributed by atoms with Crippen molar-refractivity contribution in [3.63, 3.8) is 0 Å². The summed E-state index contributed by atoms with van der Waals surface area (Å²) in [4.78, 5) is 3.94. The van der Waals surface area contributed by atoms with Crippen LogP contribution < -0.4 is 5.32 Å². The number of hydrogen-bond acceptors (Lipinski definition) is 3. The van der Waals surface area contributed by atoms with Gasteiger partial charge in [-0.25, -0.2) is 4.98 Å². The van der Waals surface area contributed by atoms with Crippen LogP contribution in [-0.2, 0) is 0 Å². The average Bonchev–Trinajstić information content (AvgIpc) is 2.38. The lowest BCUT2D eigenvalue weighted by atomic mass is 9.78. The number of aromatic nitrogens is 1. The molecule has 1 aliphatic rings. The van der Waals surface area contributed by atoms with Crippen molar-refractivity contribution in [3.8, 4) is 0 Å². The molecule has 0 aromatic carbocycles. The summed E-state index contributed by atoms with van der Waals surface area (Å²) in [6, 6.07) is 3.65. The number of anilines is 1. The molecular formula is C14H21ClN2O. The fraction of sp³-hybridized carbons (Fsp3) is 0.643. The second-order valence-corrected chi connectivity index (χ2v) is 5.68. The molecule has 2 N–H and O–H groups in total. The molecule has 0 spiro atoms. The molecule has 1 saturated carbocycles. The summed E-state index contributed by atoms with van der Waals surface area (Å²) in [6.07, 6.45) is 6.93. The van der Waals surface area contributed by atoms with Gasteiger partial charge in [0, 0.05) is 18.4 Å². The minimum Gasteiger partial charge on any atom is -0.388 e. The van der Waals surface area contributed by atoms with E-state index in [2.05, 4.69) is 17.2 Å². The molecule has 0 unspecified atom stereocenters. The molecule has 2 rings (SSSR count). The first-order valence-corrected chi connectivity index (χ1v) is 7.07. The zero-order valence-electron chi connectivity index (χ0n) is 10.8. The lowest BCUT2D eigenvalue weighted by molar-refractivity contribution is 0.00229. The van der Waals surface area contributed by atoms with E-state index in [0.29, 0.717) is 11.7 Å². The van der Waals surface area contributed by atoms with Crippen molar-refractivity contribution in [3.05, 3.63) is 23.5 Å². The maximum Gasteiger partial charge on any atom is 0.131 e. The van der Waals surface area contributed by atoms with Gasteiger partial charge in [-0.3, -0.25) is 0 Å². The summed E-state index contributed by atoms with van der Waals surface area (Å²) >= 11 is 5.83. The van der Waals surface area contributed by atoms with E-state index in [1.54, 1.807) is 12.3 Å². The van der Waals surface area contributed by atoms with Crippen LogP contribution >= 0.6 is 11.6 Å². The third-order valence-electron chi connectivity index (χ3n) is 3.96. The molecule has 100 valence electrons. The van der Waals surface area contributed by atoms with Crippen molar-refractivity contribution in [2.45, 2.75) is 44.6 Å². The molecule has 18 heavy (non-hydrogen) atoms. The van der Waals surface area contributed by atoms with Gasteiger partial charge in [0.2, 0.25) is 0 Å². The van der Waals surface area contributed by atoms with Gasteiger partial charge in [-0.1, -0.05) is 24.9 Å². The SMILES string of the molecule is CCC1CCC(O)(CNc2ccnc(Cl)c2)CC1. The third-order valence-corrected chi connectivity index (χ3v) is 4.17. The van der Waals surface area contributed by atoms with E-state index < -0.39 is 5.60 Å². The van der Waals surface area contributed by atoms with Crippen LogP contribution in [0, 0.1) is 5.92 Å². The first-order valence-electron chi connectivity index (χ1n) is 6.69. The molecule has 1 fully saturated rings. The molecule has 1 aromatic rings. The van der Waals surface area contributed by atoms with Crippen molar-refractivity contribution in [1.29, 1.82) is 0 Å². The monoisotopic (exact) mass is 268 g/mol. The zero-order valence-corrected chi connectivity index (χ0v) is 11.6. The number of pyridine rings is 1. The highest BCUT2D eigenvalue weighted by Gasteiger charge is 2.32. The molecule has 0 saturated heterocycles. The molecule has 0 aliphatic heterocycles. The van der Waals surface area contributed by atoms with Crippen molar-refractivity contribution < 1.29 is 5.11 Å². The van der Waals surface area contributed by atoms with Crippen LogP contribution in [0.15, 0.2) is 18.3 Å². The van der Waals surface area contributed by atoms with Crippen LogP contribution in [0.1, 0.15) is 39.0 Å². The van der Waals surface area contributed by atoms with Crippen molar-refractivity contribution in [1.82, 2.24) is 4.98 Å². The Hall–Kier alpha value is -0.800. The molecule has 0 bridgehead atoms. The van der Waals surface area contributed by atoms with Gasteiger partial charge >= 0.3 is 0 Å². The third kappa shape index (κ3) is 3.59. The lowest BCUT2D eigenvalue weighted by Crippen LogP contribution is -2.40. The predicted molar refractivity (Wildman–Crippen MR) is 74.9 cm³/mol. The van der Waals surface area contributed by atoms with E-state index in [1.807, 2.05) is 6.07 Å². The fourth-order valence-corrected chi connectivity index (χ4v) is 2.75. The van der Waals surface area contributed by atoms with Crippen molar-refractivity contribution >= 4 is 17.3 Å². The summed E-state index contributed by atoms with van der Waals surface area (Å²) in [6.45, 7) is 2.82. The van der Waals surface area contributed by atoms with Gasteiger partial charge in [-0.05, 0) is 43.7 Å². The standard InChI is InChI=1S/C14H21ClN2O/c1-2-11-3-6-14(18,7-4-11)10-17-12-5-8-16-13(15)9-12/h5,8-9,11,18H,2-4,6-7,10H2,1H3,(H,16,17). The minimum atomic E-state index is -0.568. The van der Waals surface area contributed by atoms with Gasteiger partial charge in [0.05, 0.1) is 5.60 Å². The summed E-state index contributed by atoms with van der Waals surface area (Å²) < 4.78 is 0. The maximum atomic E-state index is 10.5. The lowest BCUT2D eigenvalue weighted by Gasteiger charge is -2.36. The van der Waals surface area contributed by atoms with Gasteiger partial charge < -0.3 is 10.4 Å². The van der Waals surface area contributed by atoms with Crippen molar-refractivity contribution in [2.75, 3.05) is 11.9 Å². The Bertz CT molecular complexity index is 389. The Morgan fingerprint density at radius 1 is 1.50 bits per heavy atom. The molecule has 1 aromatic heterocycles. The zero-order chi connectivity index (χ0) is 13.0. The Balaban J connectivity index is 1.86. The summed E-state index contributed by atoms with van der Waals surface area (Å²) in [5.41, 5.74) is 0.350. The highest BCUT2D eigenvalue weighted by Crippen LogP contribution is 2.33. The van der Waals surface area contributed by atoms with Gasteiger partial charge in [-0.2, -0.15) is 0 Å². The second-order valence-electron chi connectivity index (χ2n) is 5.30. The predicted octanol–water partition coefficient (Wildman–Crippen LogP) is 3.48. The molecule has 1 heterocycles. The molecule has 0 amide bonds. The van der Waals surface area contributed by atoms with Crippen LogP contribution in [0.2, 0.25) is 5.15 Å². The van der Waals surface area contributed by atoms with Crippen molar-refractivity contribution in [2.24, 2.45) is 5.92 Å². The number of nitrogens with one attached hydrogen (secondary N) is 1. The van der Waals surface area contributed by atoms with E-state index in [4.69, 9.17) is 11.6 Å². The first kappa shape index (κ1) is 13.6. The number of rotatable bonds is 4. The van der Waals surface area contributed by atoms with Gasteiger partial charge in [0.15, 0.2) is 0 Å². The van der Waals surface area contributed by atoms with Gasteiger partial charge in [0.25, 0.3) is 0 Å². The van der Waals surface area contributed by atoms with E-state index in [9.17, 15) is 5.11 Å². The molecule has 0 radical (unpaired) electrons. The molecule has 1 aliphatic carbocycles. The Morgan fingerprint density at radius 3 is 2.83 bits per heavy atom. The summed E-state index contributed by atoms with van der Waals surface area (Å²) in [5.74, 6) is 0.792. The molecule has 3 nitrogen and oxygen atoms in total. The van der Waals surface area contributed by atoms with Crippen LogP contribution in [0.5, 0.6) is 0 Å². The minimum absolute atomic E-state index is 0.474. The Labute approximate surface area is 114 Å². The second kappa shape index (κ2) is 5.89. The fourth-order valence-electron chi connectivity index (χ4n) is 2.58. The van der Waals surface area contributed by atoms with Gasteiger partial charge in [-0.15, -0.1) is 0 Å². The van der Waals surface area contributed by atoms with Crippen LogP contribution in [0.3, 0.4) is 0 Å². The highest BCUT2D eigenvalue weighted by atomic mass is 35.5. The molecule has 0 atom stereocenters. The quantitative estimate of drug-likeness (QED) is 0.822. The number of nitrogens with zero attached hydrogens (tertiary/aromatic N) is 1. The van der Waals surface area contributed by atoms with E-state index in [0.717, 1.165) is 37.3 Å². The van der Waals surface area contributed by atoms with E-state index >= 15 is 0 Å². The van der Waals surface area contributed by atoms with Crippen LogP contribution in [0.4, 0.5) is 5.69 Å². The largest absolute Gasteiger partial charge is 0.388 e. The van der Waals surface area contributed by atoms with Crippen LogP contribution in [0.25, 0.3) is 0 Å². The van der Waals surface area contributed by atoms with E-state index in [1.165, 1.54) is 6.42 Å². The highest BCUT2D eigenvalue weighted by molar-refractivity contribution is 6.29. The smallest absolute Gasteiger partial charge is 0.131 e. The van der Waals surface area contributed by atoms with E-state index in [-0.39, 0.29) is 0 Å². The Kier molecular flexibility index (Phi) is 4.46. The van der Waals surface area contributed by atoms with Gasteiger partial charge in [0.1, 0.15) is 5.15 Å². The normalized spacial score (nSPS) is 28.1. The molecule has 4 heteroatoms. The number of hydrogen-bond donors (Lipinski definition) is 2. The Morgan fingerprint density at radius 2 is 2.22 bits per heavy atom. The summed E-state index contributed by atoms with van der Waals surface area (Å²) in [5, 5.41) is 14.2. The summed E-state index contributed by atoms with van der Waals surface area (Å²) in [7, 11) is 0. The first-order chi connectivity index (χ1) is 8.61. The number of aliphatic hydroxyl groups is 1. The maximum absolute atomic E-state index is 10.5. The molecular weight excluding hydrogens is 248 g/mol. The van der Waals surface area contributed by atoms with Crippen LogP contribution in [-0.4, -0.2) is 22.2 Å². The average molecular weight is 269 g/mol. The number of halogens is 1.